The minimum atomic E-state index is -1.07. The molecule has 0 aromatic rings. The predicted molar refractivity (Wildman–Crippen MR) is 43.1 cm³/mol. The zero-order valence-corrected chi connectivity index (χ0v) is 7.22. The van der Waals surface area contributed by atoms with Crippen LogP contribution in [0.3, 0.4) is 0 Å². The van der Waals surface area contributed by atoms with E-state index in [1.165, 1.54) is 0 Å². The van der Waals surface area contributed by atoms with Gasteiger partial charge in [0.15, 0.2) is 12.1 Å². The molecule has 13 heavy (non-hydrogen) atoms. The molecule has 0 spiro atoms. The lowest BCUT2D eigenvalue weighted by Gasteiger charge is -2.21. The summed E-state index contributed by atoms with van der Waals surface area (Å²) in [6, 6.07) is 0. The molecule has 1 rings (SSSR count). The van der Waals surface area contributed by atoms with E-state index < -0.39 is 18.0 Å². The summed E-state index contributed by atoms with van der Waals surface area (Å²) in [5.74, 6) is -2.04. The first-order valence-electron chi connectivity index (χ1n) is 4.12. The van der Waals surface area contributed by atoms with E-state index in [-0.39, 0.29) is 0 Å². The molecular formula is C8H12FNO3. The van der Waals surface area contributed by atoms with Crippen LogP contribution in [0.15, 0.2) is 12.4 Å². The summed E-state index contributed by atoms with van der Waals surface area (Å²) < 4.78 is 17.2. The number of hydroxylamine groups is 1. The van der Waals surface area contributed by atoms with E-state index in [0.717, 1.165) is 12.8 Å². The second-order valence-corrected chi connectivity index (χ2v) is 2.75. The Balaban J connectivity index is 2.17. The largest absolute Gasteiger partial charge is 0.350 e. The van der Waals surface area contributed by atoms with E-state index in [4.69, 9.17) is 9.57 Å². The molecule has 4 nitrogen and oxygen atoms in total. The normalized spacial score (nSPS) is 22.4. The second-order valence-electron chi connectivity index (χ2n) is 2.75. The Morgan fingerprint density at radius 1 is 1.62 bits per heavy atom. The third kappa shape index (κ3) is 3.52. The van der Waals surface area contributed by atoms with Gasteiger partial charge in [0.05, 0.1) is 0 Å². The van der Waals surface area contributed by atoms with Crippen molar-refractivity contribution >= 4 is 5.91 Å². The zero-order valence-electron chi connectivity index (χ0n) is 7.22. The van der Waals surface area contributed by atoms with Gasteiger partial charge in [0.25, 0.3) is 0 Å². The van der Waals surface area contributed by atoms with Crippen LogP contribution in [0.2, 0.25) is 0 Å². The predicted octanol–water partition coefficient (Wildman–Crippen LogP) is 1.04. The van der Waals surface area contributed by atoms with Crippen LogP contribution in [0.5, 0.6) is 0 Å². The second kappa shape index (κ2) is 4.94. The molecular weight excluding hydrogens is 177 g/mol. The Morgan fingerprint density at radius 3 is 2.92 bits per heavy atom. The molecule has 5 heteroatoms. The van der Waals surface area contributed by atoms with Gasteiger partial charge in [0, 0.05) is 13.0 Å². The van der Waals surface area contributed by atoms with Crippen molar-refractivity contribution in [3.8, 4) is 0 Å². The van der Waals surface area contributed by atoms with Crippen molar-refractivity contribution in [2.45, 2.75) is 25.6 Å². The van der Waals surface area contributed by atoms with Crippen LogP contribution in [-0.2, 0) is 14.4 Å². The molecule has 0 aromatic carbocycles. The number of hydrogen-bond donors (Lipinski definition) is 1. The third-order valence-electron chi connectivity index (χ3n) is 1.67. The highest BCUT2D eigenvalue weighted by Gasteiger charge is 2.16. The Bertz CT molecular complexity index is 202. The van der Waals surface area contributed by atoms with Gasteiger partial charge in [0.2, 0.25) is 0 Å². The molecule has 0 bridgehead atoms. The van der Waals surface area contributed by atoms with Crippen molar-refractivity contribution in [2.24, 2.45) is 0 Å². The summed E-state index contributed by atoms with van der Waals surface area (Å²) in [6.07, 6.45) is 2.22. The van der Waals surface area contributed by atoms with Gasteiger partial charge in [-0.15, -0.1) is 0 Å². The number of nitrogens with one attached hydrogen (secondary N) is 1. The van der Waals surface area contributed by atoms with Crippen molar-refractivity contribution in [3.05, 3.63) is 12.4 Å². The number of ether oxygens (including phenoxy) is 1. The van der Waals surface area contributed by atoms with Crippen molar-refractivity contribution in [1.82, 2.24) is 5.48 Å². The molecule has 1 aliphatic heterocycles. The van der Waals surface area contributed by atoms with Gasteiger partial charge in [-0.05, 0) is 12.8 Å². The minimum absolute atomic E-state index is 0.461. The molecule has 0 saturated carbocycles. The number of rotatable bonds is 3. The van der Waals surface area contributed by atoms with E-state index in [2.05, 4.69) is 6.58 Å². The Morgan fingerprint density at radius 2 is 2.38 bits per heavy atom. The van der Waals surface area contributed by atoms with E-state index in [1.807, 2.05) is 5.48 Å². The van der Waals surface area contributed by atoms with Gasteiger partial charge in [-0.3, -0.25) is 4.79 Å². The summed E-state index contributed by atoms with van der Waals surface area (Å²) in [4.78, 5) is 15.4. The highest BCUT2D eigenvalue weighted by Crippen LogP contribution is 2.12. The van der Waals surface area contributed by atoms with Gasteiger partial charge in [-0.25, -0.2) is 14.7 Å². The molecule has 0 aromatic heterocycles. The Kier molecular flexibility index (Phi) is 3.85. The number of carbonyl (C=O) groups is 1. The fraction of sp³-hybridized carbons (Fsp3) is 0.625. The summed E-state index contributed by atoms with van der Waals surface area (Å²) >= 11 is 0. The highest BCUT2D eigenvalue weighted by atomic mass is 19.1. The average Bonchev–Trinajstić information content (AvgIpc) is 2.15. The SMILES string of the molecule is C=C(F)C(=O)NOC1CCCCO1. The maximum absolute atomic E-state index is 12.1. The van der Waals surface area contributed by atoms with Gasteiger partial charge >= 0.3 is 5.91 Å². The zero-order chi connectivity index (χ0) is 9.68. The molecule has 1 atom stereocenters. The maximum Gasteiger partial charge on any atom is 0.303 e. The first-order chi connectivity index (χ1) is 6.20. The van der Waals surface area contributed by atoms with Crippen LogP contribution >= 0.6 is 0 Å². The molecule has 0 radical (unpaired) electrons. The smallest absolute Gasteiger partial charge is 0.303 e. The molecule has 1 fully saturated rings. The number of carbonyl (C=O) groups excluding carboxylic acids is 1. The Hall–Kier alpha value is -0.940. The topological polar surface area (TPSA) is 47.6 Å². The first-order valence-corrected chi connectivity index (χ1v) is 4.12. The summed E-state index contributed by atoms with van der Waals surface area (Å²) in [5.41, 5.74) is 1.91. The number of halogens is 1. The van der Waals surface area contributed by atoms with Gasteiger partial charge in [0.1, 0.15) is 0 Å². The van der Waals surface area contributed by atoms with Crippen molar-refractivity contribution in [3.63, 3.8) is 0 Å². The van der Waals surface area contributed by atoms with E-state index >= 15 is 0 Å². The molecule has 1 heterocycles. The first kappa shape index (κ1) is 10.1. The lowest BCUT2D eigenvalue weighted by atomic mass is 10.2. The van der Waals surface area contributed by atoms with Gasteiger partial charge in [-0.1, -0.05) is 6.58 Å². The summed E-state index contributed by atoms with van der Waals surface area (Å²) in [6.45, 7) is 3.43. The molecule has 1 saturated heterocycles. The standard InChI is InChI=1S/C8H12FNO3/c1-6(9)8(11)10-13-7-4-2-3-5-12-7/h7H,1-5H2,(H,10,11). The van der Waals surface area contributed by atoms with Crippen molar-refractivity contribution in [2.75, 3.05) is 6.61 Å². The Labute approximate surface area is 75.7 Å². The molecule has 1 aliphatic rings. The average molecular weight is 189 g/mol. The highest BCUT2D eigenvalue weighted by molar-refractivity contribution is 5.89. The number of amides is 1. The summed E-state index contributed by atoms with van der Waals surface area (Å²) in [7, 11) is 0. The minimum Gasteiger partial charge on any atom is -0.350 e. The quantitative estimate of drug-likeness (QED) is 0.533. The van der Waals surface area contributed by atoms with Crippen LogP contribution < -0.4 is 5.48 Å². The van der Waals surface area contributed by atoms with Crippen LogP contribution in [0.1, 0.15) is 19.3 Å². The lowest BCUT2D eigenvalue weighted by molar-refractivity contribution is -0.199. The molecule has 1 unspecified atom stereocenters. The monoisotopic (exact) mass is 189 g/mol. The van der Waals surface area contributed by atoms with Crippen LogP contribution in [-0.4, -0.2) is 18.8 Å². The van der Waals surface area contributed by atoms with Crippen LogP contribution in [0.4, 0.5) is 4.39 Å². The van der Waals surface area contributed by atoms with E-state index in [9.17, 15) is 9.18 Å². The van der Waals surface area contributed by atoms with Gasteiger partial charge in [-0.2, -0.15) is 0 Å². The van der Waals surface area contributed by atoms with Gasteiger partial charge < -0.3 is 4.74 Å². The maximum atomic E-state index is 12.1. The van der Waals surface area contributed by atoms with Crippen LogP contribution in [0.25, 0.3) is 0 Å². The molecule has 1 N–H and O–H groups in total. The fourth-order valence-electron chi connectivity index (χ4n) is 0.979. The third-order valence-corrected chi connectivity index (χ3v) is 1.67. The van der Waals surface area contributed by atoms with Crippen LogP contribution in [0, 0.1) is 0 Å². The molecule has 1 amide bonds. The van der Waals surface area contributed by atoms with E-state index in [0.29, 0.717) is 13.0 Å². The lowest BCUT2D eigenvalue weighted by Crippen LogP contribution is -2.33. The van der Waals surface area contributed by atoms with Crippen molar-refractivity contribution < 1.29 is 18.8 Å². The summed E-state index contributed by atoms with van der Waals surface area (Å²) in [5, 5.41) is 0. The van der Waals surface area contributed by atoms with E-state index in [1.54, 1.807) is 0 Å². The van der Waals surface area contributed by atoms with Crippen molar-refractivity contribution in [1.29, 1.82) is 0 Å². The fourth-order valence-corrected chi connectivity index (χ4v) is 0.979. The molecule has 0 aliphatic carbocycles. The number of hydrogen-bond acceptors (Lipinski definition) is 3. The molecule has 74 valence electrons.